The first-order chi connectivity index (χ1) is 8.99. The number of benzene rings is 1. The number of Topliss-reactive ketones (excluding diaryl/α,β-unsaturated/α-hetero) is 1. The minimum atomic E-state index is -1.12. The summed E-state index contributed by atoms with van der Waals surface area (Å²) >= 11 is 5.71. The molecular weight excluding hydrogens is 273 g/mol. The number of hydrogen-bond acceptors (Lipinski definition) is 2. The van der Waals surface area contributed by atoms with Gasteiger partial charge in [-0.25, -0.2) is 9.18 Å². The fraction of sp³-hybridized carbons (Fsp3) is 0.385. The number of carboxylic acid groups (broad SMARTS) is 1. The van der Waals surface area contributed by atoms with Gasteiger partial charge in [0.25, 0.3) is 0 Å². The van der Waals surface area contributed by atoms with Crippen LogP contribution in [0.3, 0.4) is 0 Å². The summed E-state index contributed by atoms with van der Waals surface area (Å²) in [5, 5.41) is 9.21. The molecule has 102 valence electrons. The highest BCUT2D eigenvalue weighted by Crippen LogP contribution is 2.23. The Kier molecular flexibility index (Phi) is 4.04. The number of carbonyl (C=O) groups excluding carboxylic acids is 1. The molecule has 0 aromatic heterocycles. The maximum atomic E-state index is 13.2. The van der Waals surface area contributed by atoms with Gasteiger partial charge in [-0.15, -0.1) is 0 Å². The van der Waals surface area contributed by atoms with Gasteiger partial charge >= 0.3 is 6.09 Å². The molecule has 1 unspecified atom stereocenters. The Morgan fingerprint density at radius 3 is 2.68 bits per heavy atom. The lowest BCUT2D eigenvalue weighted by molar-refractivity contribution is 0.0713. The summed E-state index contributed by atoms with van der Waals surface area (Å²) in [6.07, 6.45) is 0.850. The first kappa shape index (κ1) is 13.8. The largest absolute Gasteiger partial charge is 0.465 e. The van der Waals surface area contributed by atoms with Gasteiger partial charge in [0.1, 0.15) is 5.82 Å². The van der Waals surface area contributed by atoms with E-state index in [9.17, 15) is 14.0 Å². The fourth-order valence-corrected chi connectivity index (χ4v) is 2.54. The van der Waals surface area contributed by atoms with Crippen LogP contribution in [0.2, 0.25) is 5.02 Å². The average Bonchev–Trinajstić information content (AvgIpc) is 2.36. The second kappa shape index (κ2) is 5.57. The van der Waals surface area contributed by atoms with Crippen LogP contribution in [0, 0.1) is 5.82 Å². The zero-order chi connectivity index (χ0) is 14.0. The van der Waals surface area contributed by atoms with Crippen LogP contribution in [0.4, 0.5) is 9.18 Å². The number of halogens is 2. The van der Waals surface area contributed by atoms with Gasteiger partial charge in [-0.1, -0.05) is 11.6 Å². The summed E-state index contributed by atoms with van der Waals surface area (Å²) in [5.74, 6) is -1.00. The molecule has 1 amide bonds. The Bertz CT molecular complexity index is 500. The predicted molar refractivity (Wildman–Crippen MR) is 68.1 cm³/mol. The zero-order valence-corrected chi connectivity index (χ0v) is 10.9. The molecule has 1 saturated heterocycles. The van der Waals surface area contributed by atoms with Crippen molar-refractivity contribution in [2.45, 2.75) is 25.3 Å². The molecule has 1 fully saturated rings. The highest BCUT2D eigenvalue weighted by molar-refractivity contribution is 6.31. The Labute approximate surface area is 114 Å². The minimum Gasteiger partial charge on any atom is -0.465 e. The van der Waals surface area contributed by atoms with Gasteiger partial charge in [-0.05, 0) is 37.5 Å². The second-order valence-corrected chi connectivity index (χ2v) is 4.95. The van der Waals surface area contributed by atoms with E-state index in [1.165, 1.54) is 6.07 Å². The molecule has 0 saturated carbocycles. The standard InChI is InChI=1S/C13H13ClFNO3/c14-9-5-8(6-10(15)7-9)12(17)11-3-1-2-4-16(11)13(18)19/h5-7,11H,1-4H2,(H,18,19). The molecular formula is C13H13ClFNO3. The van der Waals surface area contributed by atoms with Crippen LogP contribution in [0.15, 0.2) is 18.2 Å². The summed E-state index contributed by atoms with van der Waals surface area (Å²) in [6, 6.07) is 2.81. The van der Waals surface area contributed by atoms with E-state index in [1.807, 2.05) is 0 Å². The van der Waals surface area contributed by atoms with Gasteiger partial charge in [0, 0.05) is 17.1 Å². The van der Waals surface area contributed by atoms with Crippen LogP contribution in [0.1, 0.15) is 29.6 Å². The minimum absolute atomic E-state index is 0.114. The van der Waals surface area contributed by atoms with Crippen LogP contribution in [0.25, 0.3) is 0 Å². The SMILES string of the molecule is O=C(c1cc(F)cc(Cl)c1)C1CCCCN1C(=O)O. The van der Waals surface area contributed by atoms with Crippen molar-refractivity contribution in [1.29, 1.82) is 0 Å². The van der Waals surface area contributed by atoms with E-state index in [0.29, 0.717) is 13.0 Å². The number of likely N-dealkylation sites (tertiary alicyclic amines) is 1. The van der Waals surface area contributed by atoms with Gasteiger partial charge in [-0.3, -0.25) is 9.69 Å². The monoisotopic (exact) mass is 285 g/mol. The molecule has 0 aliphatic carbocycles. The molecule has 1 atom stereocenters. The molecule has 6 heteroatoms. The van der Waals surface area contributed by atoms with Crippen LogP contribution < -0.4 is 0 Å². The molecule has 4 nitrogen and oxygen atoms in total. The number of ketones is 1. The van der Waals surface area contributed by atoms with E-state index in [2.05, 4.69) is 0 Å². The van der Waals surface area contributed by atoms with Crippen molar-refractivity contribution < 1.29 is 19.1 Å². The van der Waals surface area contributed by atoms with E-state index in [0.717, 1.165) is 29.9 Å². The third-order valence-corrected chi connectivity index (χ3v) is 3.42. The second-order valence-electron chi connectivity index (χ2n) is 4.51. The first-order valence-electron chi connectivity index (χ1n) is 5.99. The summed E-state index contributed by atoms with van der Waals surface area (Å²) in [4.78, 5) is 24.5. The summed E-state index contributed by atoms with van der Waals surface area (Å²) in [5.41, 5.74) is 0.114. The molecule has 1 aliphatic rings. The van der Waals surface area contributed by atoms with Crippen molar-refractivity contribution in [2.24, 2.45) is 0 Å². The lowest BCUT2D eigenvalue weighted by Crippen LogP contribution is -2.47. The van der Waals surface area contributed by atoms with E-state index in [1.54, 1.807) is 0 Å². The number of hydrogen-bond donors (Lipinski definition) is 1. The molecule has 1 N–H and O–H groups in total. The number of carbonyl (C=O) groups is 2. The van der Waals surface area contributed by atoms with Crippen molar-refractivity contribution >= 4 is 23.5 Å². The van der Waals surface area contributed by atoms with Crippen molar-refractivity contribution in [3.8, 4) is 0 Å². The van der Waals surface area contributed by atoms with Gasteiger partial charge in [0.05, 0.1) is 6.04 Å². The zero-order valence-electron chi connectivity index (χ0n) is 10.1. The highest BCUT2D eigenvalue weighted by Gasteiger charge is 2.32. The van der Waals surface area contributed by atoms with E-state index in [-0.39, 0.29) is 10.6 Å². The number of piperidine rings is 1. The van der Waals surface area contributed by atoms with Gasteiger partial charge in [-0.2, -0.15) is 0 Å². The van der Waals surface area contributed by atoms with Crippen molar-refractivity contribution in [1.82, 2.24) is 4.90 Å². The van der Waals surface area contributed by atoms with E-state index < -0.39 is 23.7 Å². The molecule has 1 aliphatic heterocycles. The lowest BCUT2D eigenvalue weighted by Gasteiger charge is -2.32. The predicted octanol–water partition coefficient (Wildman–Crippen LogP) is 3.19. The molecule has 19 heavy (non-hydrogen) atoms. The summed E-state index contributed by atoms with van der Waals surface area (Å²) < 4.78 is 13.2. The maximum Gasteiger partial charge on any atom is 0.407 e. The van der Waals surface area contributed by atoms with Crippen LogP contribution in [-0.2, 0) is 0 Å². The molecule has 0 spiro atoms. The third kappa shape index (κ3) is 3.04. The summed E-state index contributed by atoms with van der Waals surface area (Å²) in [6.45, 7) is 0.328. The van der Waals surface area contributed by atoms with E-state index in [4.69, 9.17) is 16.7 Å². The molecule has 1 heterocycles. The highest BCUT2D eigenvalue weighted by atomic mass is 35.5. The van der Waals surface area contributed by atoms with Crippen LogP contribution >= 0.6 is 11.6 Å². The Morgan fingerprint density at radius 2 is 2.05 bits per heavy atom. The smallest absolute Gasteiger partial charge is 0.407 e. The molecule has 1 aromatic rings. The topological polar surface area (TPSA) is 57.6 Å². The van der Waals surface area contributed by atoms with Crippen molar-refractivity contribution in [3.05, 3.63) is 34.6 Å². The number of nitrogens with zero attached hydrogens (tertiary/aromatic N) is 1. The third-order valence-electron chi connectivity index (χ3n) is 3.20. The van der Waals surface area contributed by atoms with Gasteiger partial charge in [0.2, 0.25) is 0 Å². The molecule has 2 rings (SSSR count). The normalized spacial score (nSPS) is 19.3. The van der Waals surface area contributed by atoms with Gasteiger partial charge < -0.3 is 5.11 Å². The summed E-state index contributed by atoms with van der Waals surface area (Å²) in [7, 11) is 0. The maximum absolute atomic E-state index is 13.2. The average molecular weight is 286 g/mol. The number of rotatable bonds is 2. The van der Waals surface area contributed by atoms with Crippen LogP contribution in [-0.4, -0.2) is 34.5 Å². The number of amides is 1. The Hall–Kier alpha value is -1.62. The quantitative estimate of drug-likeness (QED) is 0.849. The van der Waals surface area contributed by atoms with E-state index >= 15 is 0 Å². The Morgan fingerprint density at radius 1 is 1.32 bits per heavy atom. The van der Waals surface area contributed by atoms with Crippen LogP contribution in [0.5, 0.6) is 0 Å². The first-order valence-corrected chi connectivity index (χ1v) is 6.36. The van der Waals surface area contributed by atoms with Gasteiger partial charge in [0.15, 0.2) is 5.78 Å². The fourth-order valence-electron chi connectivity index (χ4n) is 2.32. The Balaban J connectivity index is 2.28. The molecule has 1 aromatic carbocycles. The van der Waals surface area contributed by atoms with Crippen molar-refractivity contribution in [2.75, 3.05) is 6.54 Å². The van der Waals surface area contributed by atoms with Crippen molar-refractivity contribution in [3.63, 3.8) is 0 Å². The molecule has 0 radical (unpaired) electrons. The molecule has 0 bridgehead atoms. The lowest BCUT2D eigenvalue weighted by atomic mass is 9.94.